The molecule has 84 valence electrons. The maximum Gasteiger partial charge on any atom is 0.150 e. The molecule has 2 heterocycles. The van der Waals surface area contributed by atoms with E-state index in [1.807, 2.05) is 13.1 Å². The van der Waals surface area contributed by atoms with Crippen molar-refractivity contribution in [3.05, 3.63) is 11.8 Å². The van der Waals surface area contributed by atoms with E-state index in [1.54, 1.807) is 4.68 Å². The largest absolute Gasteiger partial charge is 0.382 e. The number of anilines is 1. The van der Waals surface area contributed by atoms with Gasteiger partial charge >= 0.3 is 0 Å². The molecule has 1 aromatic rings. The minimum absolute atomic E-state index is 0.281. The van der Waals surface area contributed by atoms with Crippen LogP contribution in [0.5, 0.6) is 0 Å². The van der Waals surface area contributed by atoms with Crippen molar-refractivity contribution in [3.8, 4) is 0 Å². The summed E-state index contributed by atoms with van der Waals surface area (Å²) in [6, 6.07) is 1.84. The summed E-state index contributed by atoms with van der Waals surface area (Å²) in [6.07, 6.45) is 1.36. The Morgan fingerprint density at radius 1 is 1.47 bits per heavy atom. The Labute approximate surface area is 89.2 Å². The minimum Gasteiger partial charge on any atom is -0.382 e. The molecule has 5 nitrogen and oxygen atoms in total. The molecule has 15 heavy (non-hydrogen) atoms. The van der Waals surface area contributed by atoms with Crippen molar-refractivity contribution in [3.63, 3.8) is 0 Å². The van der Waals surface area contributed by atoms with Gasteiger partial charge in [0.15, 0.2) is 0 Å². The Morgan fingerprint density at radius 3 is 2.53 bits per heavy atom. The van der Waals surface area contributed by atoms with E-state index in [4.69, 9.17) is 5.73 Å². The van der Waals surface area contributed by atoms with Gasteiger partial charge in [0.05, 0.1) is 11.5 Å². The third-order valence-electron chi connectivity index (χ3n) is 2.91. The van der Waals surface area contributed by atoms with Crippen molar-refractivity contribution in [1.29, 1.82) is 0 Å². The van der Waals surface area contributed by atoms with Crippen molar-refractivity contribution in [2.75, 3.05) is 17.2 Å². The second-order valence-corrected chi connectivity index (χ2v) is 6.35. The van der Waals surface area contributed by atoms with Crippen LogP contribution in [0.4, 0.5) is 5.82 Å². The summed E-state index contributed by atoms with van der Waals surface area (Å²) < 4.78 is 24.3. The highest BCUT2D eigenvalue weighted by molar-refractivity contribution is 7.91. The summed E-state index contributed by atoms with van der Waals surface area (Å²) in [6.45, 7) is 0. The van der Waals surface area contributed by atoms with Crippen LogP contribution in [-0.2, 0) is 16.9 Å². The summed E-state index contributed by atoms with van der Waals surface area (Å²) in [4.78, 5) is 0. The number of rotatable bonds is 1. The number of nitrogen functional groups attached to an aromatic ring is 1. The van der Waals surface area contributed by atoms with Crippen LogP contribution in [-0.4, -0.2) is 29.7 Å². The van der Waals surface area contributed by atoms with E-state index >= 15 is 0 Å². The van der Waals surface area contributed by atoms with Crippen LogP contribution in [0, 0.1) is 0 Å². The first kappa shape index (κ1) is 10.5. The van der Waals surface area contributed by atoms with Crippen LogP contribution in [0.2, 0.25) is 0 Å². The van der Waals surface area contributed by atoms with Gasteiger partial charge in [0.25, 0.3) is 0 Å². The Balaban J connectivity index is 2.17. The normalized spacial score (nSPS) is 21.7. The first-order valence-corrected chi connectivity index (χ1v) is 6.80. The molecule has 0 saturated carbocycles. The van der Waals surface area contributed by atoms with Crippen LogP contribution in [0.25, 0.3) is 0 Å². The summed E-state index contributed by atoms with van der Waals surface area (Å²) in [5.74, 6) is 1.34. The van der Waals surface area contributed by atoms with Crippen molar-refractivity contribution in [2.45, 2.75) is 18.8 Å². The highest BCUT2D eigenvalue weighted by atomic mass is 32.2. The molecule has 1 aliphatic heterocycles. The van der Waals surface area contributed by atoms with E-state index in [2.05, 4.69) is 5.10 Å². The van der Waals surface area contributed by atoms with Gasteiger partial charge in [0.2, 0.25) is 0 Å². The molecule has 6 heteroatoms. The van der Waals surface area contributed by atoms with E-state index in [9.17, 15) is 8.42 Å². The van der Waals surface area contributed by atoms with Gasteiger partial charge in [-0.05, 0) is 12.8 Å². The van der Waals surface area contributed by atoms with E-state index in [1.165, 1.54) is 0 Å². The lowest BCUT2D eigenvalue weighted by Gasteiger charge is -2.21. The molecule has 0 bridgehead atoms. The lowest BCUT2D eigenvalue weighted by molar-refractivity contribution is 0.527. The first-order valence-electron chi connectivity index (χ1n) is 4.98. The van der Waals surface area contributed by atoms with E-state index in [0.717, 1.165) is 5.69 Å². The molecule has 0 aliphatic carbocycles. The Bertz CT molecular complexity index is 450. The van der Waals surface area contributed by atoms with Gasteiger partial charge in [0, 0.05) is 24.7 Å². The molecule has 1 saturated heterocycles. The molecule has 0 unspecified atom stereocenters. The van der Waals surface area contributed by atoms with Gasteiger partial charge in [-0.3, -0.25) is 4.68 Å². The Kier molecular flexibility index (Phi) is 2.46. The third kappa shape index (κ3) is 2.14. The second kappa shape index (κ2) is 3.52. The first-order chi connectivity index (χ1) is 6.98. The van der Waals surface area contributed by atoms with Crippen LogP contribution in [0.15, 0.2) is 6.07 Å². The Hall–Kier alpha value is -1.04. The van der Waals surface area contributed by atoms with Crippen LogP contribution in [0.1, 0.15) is 24.5 Å². The number of aromatic nitrogens is 2. The average molecular weight is 229 g/mol. The quantitative estimate of drug-likeness (QED) is 0.751. The molecule has 0 amide bonds. The molecular weight excluding hydrogens is 214 g/mol. The predicted molar refractivity (Wildman–Crippen MR) is 58.2 cm³/mol. The zero-order valence-corrected chi connectivity index (χ0v) is 9.50. The monoisotopic (exact) mass is 229 g/mol. The average Bonchev–Trinajstić information content (AvgIpc) is 2.45. The minimum atomic E-state index is -2.79. The van der Waals surface area contributed by atoms with Crippen LogP contribution in [0.3, 0.4) is 0 Å². The molecule has 2 N–H and O–H groups in total. The lowest BCUT2D eigenvalue weighted by atomic mass is 9.99. The maximum atomic E-state index is 11.3. The lowest BCUT2D eigenvalue weighted by Crippen LogP contribution is -2.23. The van der Waals surface area contributed by atoms with Crippen molar-refractivity contribution < 1.29 is 8.42 Å². The number of hydrogen-bond donors (Lipinski definition) is 1. The molecule has 0 atom stereocenters. The van der Waals surface area contributed by atoms with Gasteiger partial charge in [-0.15, -0.1) is 0 Å². The SMILES string of the molecule is Cn1nc(N)cc1C1CCS(=O)(=O)CC1. The highest BCUT2D eigenvalue weighted by Gasteiger charge is 2.26. The van der Waals surface area contributed by atoms with E-state index in [0.29, 0.717) is 18.7 Å². The fraction of sp³-hybridized carbons (Fsp3) is 0.667. The highest BCUT2D eigenvalue weighted by Crippen LogP contribution is 2.29. The number of hydrogen-bond acceptors (Lipinski definition) is 4. The number of aryl methyl sites for hydroxylation is 1. The summed E-state index contributed by atoms with van der Waals surface area (Å²) in [5.41, 5.74) is 6.63. The van der Waals surface area contributed by atoms with Crippen LogP contribution < -0.4 is 5.73 Å². The fourth-order valence-corrected chi connectivity index (χ4v) is 3.56. The van der Waals surface area contributed by atoms with Crippen LogP contribution >= 0.6 is 0 Å². The number of sulfone groups is 1. The standard InChI is InChI=1S/C9H15N3O2S/c1-12-8(6-9(10)11-12)7-2-4-15(13,14)5-3-7/h6-7H,2-5H2,1H3,(H2,10,11). The molecule has 0 spiro atoms. The molecule has 1 aliphatic rings. The zero-order chi connectivity index (χ0) is 11.1. The van der Waals surface area contributed by atoms with E-state index in [-0.39, 0.29) is 17.4 Å². The number of nitrogens with two attached hydrogens (primary N) is 1. The molecule has 0 radical (unpaired) electrons. The van der Waals surface area contributed by atoms with Crippen molar-refractivity contribution in [2.24, 2.45) is 7.05 Å². The van der Waals surface area contributed by atoms with Crippen molar-refractivity contribution in [1.82, 2.24) is 9.78 Å². The zero-order valence-electron chi connectivity index (χ0n) is 8.68. The maximum absolute atomic E-state index is 11.3. The number of nitrogens with zero attached hydrogens (tertiary/aromatic N) is 2. The summed E-state index contributed by atoms with van der Waals surface area (Å²) >= 11 is 0. The van der Waals surface area contributed by atoms with Crippen molar-refractivity contribution >= 4 is 15.7 Å². The predicted octanol–water partition coefficient (Wildman–Crippen LogP) is 0.294. The topological polar surface area (TPSA) is 78.0 Å². The van der Waals surface area contributed by atoms with Gasteiger partial charge in [-0.25, -0.2) is 8.42 Å². The molecule has 1 aromatic heterocycles. The van der Waals surface area contributed by atoms with Gasteiger partial charge in [0.1, 0.15) is 15.7 Å². The summed E-state index contributed by atoms with van der Waals surface area (Å²) in [5, 5.41) is 4.07. The molecule has 0 aromatic carbocycles. The molecular formula is C9H15N3O2S. The molecule has 1 fully saturated rings. The smallest absolute Gasteiger partial charge is 0.150 e. The van der Waals surface area contributed by atoms with Gasteiger partial charge < -0.3 is 5.73 Å². The fourth-order valence-electron chi connectivity index (χ4n) is 2.07. The summed E-state index contributed by atoms with van der Waals surface area (Å²) in [7, 11) is -0.949. The molecule has 2 rings (SSSR count). The Morgan fingerprint density at radius 2 is 2.07 bits per heavy atom. The third-order valence-corrected chi connectivity index (χ3v) is 4.62. The van der Waals surface area contributed by atoms with E-state index < -0.39 is 9.84 Å². The van der Waals surface area contributed by atoms with Gasteiger partial charge in [-0.1, -0.05) is 0 Å². The van der Waals surface area contributed by atoms with Gasteiger partial charge in [-0.2, -0.15) is 5.10 Å². The second-order valence-electron chi connectivity index (χ2n) is 4.04.